The van der Waals surface area contributed by atoms with Gasteiger partial charge in [0.15, 0.2) is 0 Å². The highest BCUT2D eigenvalue weighted by molar-refractivity contribution is 9.10. The molecule has 0 bridgehead atoms. The van der Waals surface area contributed by atoms with Gasteiger partial charge in [-0.05, 0) is 41.2 Å². The molecule has 0 aliphatic carbocycles. The zero-order valence-corrected chi connectivity index (χ0v) is 13.8. The summed E-state index contributed by atoms with van der Waals surface area (Å²) in [5, 5.41) is 10.4. The maximum atomic E-state index is 10.4. The number of aryl methyl sites for hydroxylation is 1. The highest BCUT2D eigenvalue weighted by Gasteiger charge is 2.12. The van der Waals surface area contributed by atoms with E-state index in [0.717, 1.165) is 15.6 Å². The third kappa shape index (κ3) is 3.71. The van der Waals surface area contributed by atoms with E-state index in [1.165, 1.54) is 11.1 Å². The van der Waals surface area contributed by atoms with Crippen LogP contribution in [0.2, 0.25) is 0 Å². The third-order valence-corrected chi connectivity index (χ3v) is 4.28. The predicted octanol–water partition coefficient (Wildman–Crippen LogP) is 5.16. The van der Waals surface area contributed by atoms with Gasteiger partial charge in [-0.1, -0.05) is 66.2 Å². The van der Waals surface area contributed by atoms with Crippen LogP contribution in [-0.4, -0.2) is 5.11 Å². The molecule has 0 saturated carbocycles. The van der Waals surface area contributed by atoms with Crippen LogP contribution in [0, 0.1) is 6.92 Å². The van der Waals surface area contributed by atoms with E-state index in [0.29, 0.717) is 12.3 Å². The maximum absolute atomic E-state index is 10.4. The van der Waals surface area contributed by atoms with Gasteiger partial charge in [0.1, 0.15) is 0 Å². The lowest BCUT2D eigenvalue weighted by atomic mass is 9.97. The molecule has 0 amide bonds. The SMILES string of the molecule is Cc1ccc(C(O)Cc2ccc(C(C)C)cc2)c(Br)c1. The van der Waals surface area contributed by atoms with Crippen molar-refractivity contribution in [3.8, 4) is 0 Å². The molecule has 0 heterocycles. The lowest BCUT2D eigenvalue weighted by Gasteiger charge is -2.14. The maximum Gasteiger partial charge on any atom is 0.0841 e. The van der Waals surface area contributed by atoms with Crippen LogP contribution in [0.25, 0.3) is 0 Å². The second-order valence-electron chi connectivity index (χ2n) is 5.64. The Balaban J connectivity index is 2.12. The minimum Gasteiger partial charge on any atom is -0.388 e. The first kappa shape index (κ1) is 15.3. The van der Waals surface area contributed by atoms with Crippen LogP contribution in [-0.2, 0) is 6.42 Å². The number of benzene rings is 2. The first-order valence-electron chi connectivity index (χ1n) is 7.00. The van der Waals surface area contributed by atoms with Crippen LogP contribution in [0.5, 0.6) is 0 Å². The van der Waals surface area contributed by atoms with Gasteiger partial charge in [0, 0.05) is 10.9 Å². The number of rotatable bonds is 4. The van der Waals surface area contributed by atoms with Gasteiger partial charge in [0.25, 0.3) is 0 Å². The van der Waals surface area contributed by atoms with E-state index in [1.54, 1.807) is 0 Å². The molecule has 0 radical (unpaired) electrons. The summed E-state index contributed by atoms with van der Waals surface area (Å²) in [5.41, 5.74) is 4.63. The van der Waals surface area contributed by atoms with Crippen molar-refractivity contribution in [1.82, 2.24) is 0 Å². The van der Waals surface area contributed by atoms with Gasteiger partial charge in [-0.3, -0.25) is 0 Å². The van der Waals surface area contributed by atoms with Crippen LogP contribution >= 0.6 is 15.9 Å². The minimum atomic E-state index is -0.477. The summed E-state index contributed by atoms with van der Waals surface area (Å²) >= 11 is 3.53. The van der Waals surface area contributed by atoms with Crippen molar-refractivity contribution in [2.45, 2.75) is 39.2 Å². The van der Waals surface area contributed by atoms with E-state index in [9.17, 15) is 5.11 Å². The standard InChI is InChI=1S/C18H21BrO/c1-12(2)15-7-5-14(6-8-15)11-18(20)16-9-4-13(3)10-17(16)19/h4-10,12,18,20H,11H2,1-3H3. The Bertz CT molecular complexity index is 572. The Morgan fingerprint density at radius 3 is 2.25 bits per heavy atom. The average Bonchev–Trinajstić information content (AvgIpc) is 2.39. The molecule has 0 spiro atoms. The van der Waals surface area contributed by atoms with Crippen molar-refractivity contribution in [3.05, 3.63) is 69.2 Å². The van der Waals surface area contributed by atoms with Gasteiger partial charge in [0.2, 0.25) is 0 Å². The largest absolute Gasteiger partial charge is 0.388 e. The third-order valence-electron chi connectivity index (χ3n) is 3.59. The van der Waals surface area contributed by atoms with Gasteiger partial charge >= 0.3 is 0 Å². The van der Waals surface area contributed by atoms with Crippen LogP contribution in [0.4, 0.5) is 0 Å². The minimum absolute atomic E-state index is 0.477. The monoisotopic (exact) mass is 332 g/mol. The van der Waals surface area contributed by atoms with E-state index in [4.69, 9.17) is 0 Å². The van der Waals surface area contributed by atoms with Crippen molar-refractivity contribution < 1.29 is 5.11 Å². The Morgan fingerprint density at radius 1 is 1.05 bits per heavy atom. The van der Waals surface area contributed by atoms with Crippen LogP contribution in [0.1, 0.15) is 48.1 Å². The molecule has 2 heteroatoms. The number of hydrogen-bond donors (Lipinski definition) is 1. The van der Waals surface area contributed by atoms with E-state index in [1.807, 2.05) is 25.1 Å². The topological polar surface area (TPSA) is 20.2 Å². The van der Waals surface area contributed by atoms with Gasteiger partial charge < -0.3 is 5.11 Å². The molecule has 0 aliphatic rings. The van der Waals surface area contributed by atoms with Gasteiger partial charge in [0.05, 0.1) is 6.10 Å². The molecule has 2 rings (SSSR count). The lowest BCUT2D eigenvalue weighted by Crippen LogP contribution is -2.03. The molecular weight excluding hydrogens is 312 g/mol. The molecule has 20 heavy (non-hydrogen) atoms. The smallest absolute Gasteiger partial charge is 0.0841 e. The summed E-state index contributed by atoms with van der Waals surface area (Å²) in [5.74, 6) is 0.542. The molecular formula is C18H21BrO. The Kier molecular flexibility index (Phi) is 5.00. The second-order valence-corrected chi connectivity index (χ2v) is 6.50. The van der Waals surface area contributed by atoms with Gasteiger partial charge in [-0.15, -0.1) is 0 Å². The Morgan fingerprint density at radius 2 is 1.70 bits per heavy atom. The van der Waals surface area contributed by atoms with Crippen LogP contribution < -0.4 is 0 Å². The molecule has 1 atom stereocenters. The fourth-order valence-electron chi connectivity index (χ4n) is 2.27. The summed E-state index contributed by atoms with van der Waals surface area (Å²) in [4.78, 5) is 0. The number of aliphatic hydroxyl groups is 1. The first-order valence-corrected chi connectivity index (χ1v) is 7.79. The first-order chi connectivity index (χ1) is 9.47. The quantitative estimate of drug-likeness (QED) is 0.820. The summed E-state index contributed by atoms with van der Waals surface area (Å²) in [6, 6.07) is 14.6. The molecule has 2 aromatic carbocycles. The van der Waals surface area contributed by atoms with E-state index < -0.39 is 6.10 Å². The summed E-state index contributed by atoms with van der Waals surface area (Å²) < 4.78 is 0.976. The Hall–Kier alpha value is -1.12. The molecule has 0 aromatic heterocycles. The van der Waals surface area contributed by atoms with E-state index in [2.05, 4.69) is 54.0 Å². The normalized spacial score (nSPS) is 12.7. The molecule has 2 aromatic rings. The van der Waals surface area contributed by atoms with Crippen molar-refractivity contribution in [2.24, 2.45) is 0 Å². The van der Waals surface area contributed by atoms with Crippen LogP contribution in [0.15, 0.2) is 46.9 Å². The molecule has 0 fully saturated rings. The van der Waals surface area contributed by atoms with E-state index in [-0.39, 0.29) is 0 Å². The molecule has 0 saturated heterocycles. The fraction of sp³-hybridized carbons (Fsp3) is 0.333. The molecule has 1 unspecified atom stereocenters. The number of hydrogen-bond acceptors (Lipinski definition) is 1. The van der Waals surface area contributed by atoms with Crippen molar-refractivity contribution in [2.75, 3.05) is 0 Å². The predicted molar refractivity (Wildman–Crippen MR) is 88.1 cm³/mol. The highest BCUT2D eigenvalue weighted by Crippen LogP contribution is 2.27. The second kappa shape index (κ2) is 6.55. The van der Waals surface area contributed by atoms with E-state index >= 15 is 0 Å². The number of aliphatic hydroxyl groups excluding tert-OH is 1. The molecule has 0 aliphatic heterocycles. The summed E-state index contributed by atoms with van der Waals surface area (Å²) in [7, 11) is 0. The molecule has 1 N–H and O–H groups in total. The summed E-state index contributed by atoms with van der Waals surface area (Å²) in [6.45, 7) is 6.42. The molecule has 106 valence electrons. The number of halogens is 1. The van der Waals surface area contributed by atoms with Crippen LogP contribution in [0.3, 0.4) is 0 Å². The van der Waals surface area contributed by atoms with Crippen molar-refractivity contribution in [1.29, 1.82) is 0 Å². The highest BCUT2D eigenvalue weighted by atomic mass is 79.9. The zero-order valence-electron chi connectivity index (χ0n) is 12.2. The average molecular weight is 333 g/mol. The summed E-state index contributed by atoms with van der Waals surface area (Å²) in [6.07, 6.45) is 0.162. The zero-order chi connectivity index (χ0) is 14.7. The van der Waals surface area contributed by atoms with Gasteiger partial charge in [-0.2, -0.15) is 0 Å². The Labute approximate surface area is 129 Å². The van der Waals surface area contributed by atoms with Crippen molar-refractivity contribution in [3.63, 3.8) is 0 Å². The fourth-order valence-corrected chi connectivity index (χ4v) is 3.03. The molecule has 1 nitrogen and oxygen atoms in total. The lowest BCUT2D eigenvalue weighted by molar-refractivity contribution is 0.177. The van der Waals surface area contributed by atoms with Crippen molar-refractivity contribution >= 4 is 15.9 Å². The van der Waals surface area contributed by atoms with Gasteiger partial charge in [-0.25, -0.2) is 0 Å².